The number of hydrogen-bond acceptors (Lipinski definition) is 7. The van der Waals surface area contributed by atoms with Crippen LogP contribution in [0.2, 0.25) is 10.0 Å². The summed E-state index contributed by atoms with van der Waals surface area (Å²) in [6.07, 6.45) is 1.29. The monoisotopic (exact) mass is 529 g/mol. The van der Waals surface area contributed by atoms with Crippen molar-refractivity contribution in [1.82, 2.24) is 5.43 Å². The molecule has 36 heavy (non-hydrogen) atoms. The van der Waals surface area contributed by atoms with Crippen LogP contribution in [0.15, 0.2) is 65.8 Å². The quantitative estimate of drug-likeness (QED) is 0.143. The minimum absolute atomic E-state index is 0.110. The zero-order valence-corrected chi connectivity index (χ0v) is 20.7. The van der Waals surface area contributed by atoms with Crippen molar-refractivity contribution in [2.45, 2.75) is 6.92 Å². The standard InChI is InChI=1S/C25H21Cl2N3O6/c1-3-35-17-10-8-16(9-11-17)25(33)36-20-12-7-15(13-21(20)34-2)14-28-30-24(32)23(31)29-19-6-4-5-18(26)22(19)27/h4-14H,3H2,1-2H3,(H,29,31)(H,30,32)/b28-14-. The van der Waals surface area contributed by atoms with Crippen LogP contribution >= 0.6 is 23.2 Å². The number of rotatable bonds is 8. The molecule has 0 spiro atoms. The van der Waals surface area contributed by atoms with E-state index in [4.69, 9.17) is 37.4 Å². The van der Waals surface area contributed by atoms with Crippen molar-refractivity contribution in [3.05, 3.63) is 81.8 Å². The molecule has 0 heterocycles. The highest BCUT2D eigenvalue weighted by atomic mass is 35.5. The van der Waals surface area contributed by atoms with Gasteiger partial charge in [-0.15, -0.1) is 0 Å². The minimum Gasteiger partial charge on any atom is -0.494 e. The van der Waals surface area contributed by atoms with Gasteiger partial charge < -0.3 is 19.5 Å². The minimum atomic E-state index is -1.02. The van der Waals surface area contributed by atoms with E-state index in [1.165, 1.54) is 25.5 Å². The molecule has 0 saturated heterocycles. The number of nitrogens with one attached hydrogen (secondary N) is 2. The predicted octanol–water partition coefficient (Wildman–Crippen LogP) is 4.71. The molecule has 0 atom stereocenters. The fourth-order valence-electron chi connectivity index (χ4n) is 2.86. The third kappa shape index (κ3) is 6.97. The summed E-state index contributed by atoms with van der Waals surface area (Å²) in [5, 5.41) is 6.45. The zero-order valence-electron chi connectivity index (χ0n) is 19.2. The highest BCUT2D eigenvalue weighted by Gasteiger charge is 2.16. The summed E-state index contributed by atoms with van der Waals surface area (Å²) in [5.74, 6) is -1.47. The maximum Gasteiger partial charge on any atom is 0.343 e. The number of nitrogens with zero attached hydrogens (tertiary/aromatic N) is 1. The molecule has 0 aromatic heterocycles. The number of hydrazone groups is 1. The van der Waals surface area contributed by atoms with Crippen LogP contribution in [0.1, 0.15) is 22.8 Å². The Morgan fingerprint density at radius 1 is 0.972 bits per heavy atom. The second kappa shape index (κ2) is 12.6. The number of esters is 1. The van der Waals surface area contributed by atoms with Gasteiger partial charge in [-0.1, -0.05) is 29.3 Å². The highest BCUT2D eigenvalue weighted by molar-refractivity contribution is 6.45. The van der Waals surface area contributed by atoms with Crippen molar-refractivity contribution < 1.29 is 28.6 Å². The number of benzene rings is 3. The first-order chi connectivity index (χ1) is 17.3. The van der Waals surface area contributed by atoms with Crippen molar-refractivity contribution in [1.29, 1.82) is 0 Å². The van der Waals surface area contributed by atoms with Gasteiger partial charge in [0.1, 0.15) is 5.75 Å². The van der Waals surface area contributed by atoms with Crippen LogP contribution < -0.4 is 25.0 Å². The molecule has 0 radical (unpaired) electrons. The first-order valence-electron chi connectivity index (χ1n) is 10.5. The molecule has 186 valence electrons. The van der Waals surface area contributed by atoms with Gasteiger partial charge in [0.25, 0.3) is 0 Å². The SMILES string of the molecule is CCOc1ccc(C(=O)Oc2ccc(/C=N\NC(=O)C(=O)Nc3cccc(Cl)c3Cl)cc2OC)cc1. The topological polar surface area (TPSA) is 115 Å². The number of amides is 2. The number of halogens is 2. The van der Waals surface area contributed by atoms with E-state index >= 15 is 0 Å². The Morgan fingerprint density at radius 3 is 2.42 bits per heavy atom. The molecule has 0 aliphatic heterocycles. The van der Waals surface area contributed by atoms with E-state index in [2.05, 4.69) is 15.8 Å². The maximum absolute atomic E-state index is 12.5. The van der Waals surface area contributed by atoms with Crippen LogP contribution in [0.5, 0.6) is 17.2 Å². The van der Waals surface area contributed by atoms with E-state index in [1.54, 1.807) is 48.5 Å². The second-order valence-electron chi connectivity index (χ2n) is 7.01. The number of ether oxygens (including phenoxy) is 3. The second-order valence-corrected chi connectivity index (χ2v) is 7.80. The Labute approximate surface area is 216 Å². The Bertz CT molecular complexity index is 1300. The average molecular weight is 530 g/mol. The van der Waals surface area contributed by atoms with Crippen molar-refractivity contribution in [3.8, 4) is 17.2 Å². The van der Waals surface area contributed by atoms with Gasteiger partial charge in [-0.3, -0.25) is 9.59 Å². The van der Waals surface area contributed by atoms with E-state index in [-0.39, 0.29) is 27.2 Å². The van der Waals surface area contributed by atoms with Gasteiger partial charge in [0.2, 0.25) is 0 Å². The molecule has 0 saturated carbocycles. The van der Waals surface area contributed by atoms with E-state index in [1.807, 2.05) is 6.92 Å². The van der Waals surface area contributed by atoms with Gasteiger partial charge in [0.05, 0.1) is 41.2 Å². The molecule has 3 aromatic carbocycles. The van der Waals surface area contributed by atoms with Gasteiger partial charge in [0.15, 0.2) is 11.5 Å². The number of carbonyl (C=O) groups is 3. The van der Waals surface area contributed by atoms with Crippen molar-refractivity contribution in [2.24, 2.45) is 5.10 Å². The lowest BCUT2D eigenvalue weighted by molar-refractivity contribution is -0.136. The normalized spacial score (nSPS) is 10.6. The molecule has 0 bridgehead atoms. The van der Waals surface area contributed by atoms with Crippen molar-refractivity contribution >= 4 is 52.9 Å². The molecular formula is C25H21Cl2N3O6. The highest BCUT2D eigenvalue weighted by Crippen LogP contribution is 2.30. The summed E-state index contributed by atoms with van der Waals surface area (Å²) in [5.41, 5.74) is 3.14. The molecule has 11 heteroatoms. The van der Waals surface area contributed by atoms with Crippen LogP contribution in [-0.2, 0) is 9.59 Å². The van der Waals surface area contributed by atoms with Gasteiger partial charge in [-0.25, -0.2) is 10.2 Å². The summed E-state index contributed by atoms with van der Waals surface area (Å²) in [4.78, 5) is 36.6. The zero-order chi connectivity index (χ0) is 26.1. The first kappa shape index (κ1) is 26.5. The number of carbonyl (C=O) groups excluding carboxylic acids is 3. The fourth-order valence-corrected chi connectivity index (χ4v) is 3.20. The summed E-state index contributed by atoms with van der Waals surface area (Å²) in [6.45, 7) is 2.39. The summed E-state index contributed by atoms with van der Waals surface area (Å²) in [7, 11) is 1.41. The Morgan fingerprint density at radius 2 is 1.72 bits per heavy atom. The molecule has 2 amide bonds. The molecule has 0 fully saturated rings. The van der Waals surface area contributed by atoms with Crippen molar-refractivity contribution in [2.75, 3.05) is 19.0 Å². The lowest BCUT2D eigenvalue weighted by Crippen LogP contribution is -2.32. The molecule has 9 nitrogen and oxygen atoms in total. The Hall–Kier alpha value is -4.08. The summed E-state index contributed by atoms with van der Waals surface area (Å²) < 4.78 is 16.1. The number of anilines is 1. The molecule has 0 aliphatic carbocycles. The van der Waals surface area contributed by atoms with Crippen LogP contribution in [0, 0.1) is 0 Å². The predicted molar refractivity (Wildman–Crippen MR) is 136 cm³/mol. The van der Waals surface area contributed by atoms with E-state index in [0.717, 1.165) is 0 Å². The summed E-state index contributed by atoms with van der Waals surface area (Å²) >= 11 is 11.9. The number of hydrogen-bond donors (Lipinski definition) is 2. The third-order valence-electron chi connectivity index (χ3n) is 4.58. The first-order valence-corrected chi connectivity index (χ1v) is 11.3. The van der Waals surface area contributed by atoms with E-state index < -0.39 is 17.8 Å². The Balaban J connectivity index is 1.60. The molecule has 0 unspecified atom stereocenters. The fraction of sp³-hybridized carbons (Fsp3) is 0.120. The van der Waals surface area contributed by atoms with Crippen molar-refractivity contribution in [3.63, 3.8) is 0 Å². The maximum atomic E-state index is 12.5. The van der Waals surface area contributed by atoms with Gasteiger partial charge >= 0.3 is 17.8 Å². The van der Waals surface area contributed by atoms with E-state index in [9.17, 15) is 14.4 Å². The lowest BCUT2D eigenvalue weighted by Gasteiger charge is -2.10. The average Bonchev–Trinajstić information content (AvgIpc) is 2.88. The van der Waals surface area contributed by atoms with Gasteiger partial charge in [0, 0.05) is 0 Å². The van der Waals surface area contributed by atoms with Crippen LogP contribution in [0.4, 0.5) is 5.69 Å². The van der Waals surface area contributed by atoms with Gasteiger partial charge in [-0.05, 0) is 67.1 Å². The van der Waals surface area contributed by atoms with E-state index in [0.29, 0.717) is 23.5 Å². The Kier molecular flexibility index (Phi) is 9.26. The lowest BCUT2D eigenvalue weighted by atomic mass is 10.2. The van der Waals surface area contributed by atoms with Crippen LogP contribution in [0.3, 0.4) is 0 Å². The van der Waals surface area contributed by atoms with Crippen LogP contribution in [0.25, 0.3) is 0 Å². The molecular weight excluding hydrogens is 509 g/mol. The summed E-state index contributed by atoms with van der Waals surface area (Å²) in [6, 6.07) is 15.8. The third-order valence-corrected chi connectivity index (χ3v) is 5.40. The van der Waals surface area contributed by atoms with Gasteiger partial charge in [-0.2, -0.15) is 5.10 Å². The molecule has 3 rings (SSSR count). The molecule has 2 N–H and O–H groups in total. The molecule has 3 aromatic rings. The molecule has 0 aliphatic rings. The number of methoxy groups -OCH3 is 1. The largest absolute Gasteiger partial charge is 0.494 e. The van der Waals surface area contributed by atoms with Crippen LogP contribution in [-0.4, -0.2) is 37.7 Å². The smallest absolute Gasteiger partial charge is 0.343 e.